The molecule has 0 saturated heterocycles. The molecular formula is C22H20FN3O4. The topological polar surface area (TPSA) is 101 Å². The number of benzene rings is 1. The van der Waals surface area contributed by atoms with Crippen molar-refractivity contribution in [2.45, 2.75) is 19.4 Å². The summed E-state index contributed by atoms with van der Waals surface area (Å²) in [5.74, 6) is -1.83. The first-order valence-corrected chi connectivity index (χ1v) is 9.13. The molecule has 0 aliphatic carbocycles. The molecule has 1 amide bonds. The third-order valence-electron chi connectivity index (χ3n) is 4.48. The van der Waals surface area contributed by atoms with Gasteiger partial charge in [0.2, 0.25) is 5.95 Å². The minimum absolute atomic E-state index is 0.0672. The molecule has 2 aromatic heterocycles. The van der Waals surface area contributed by atoms with E-state index in [1.165, 1.54) is 31.5 Å². The van der Waals surface area contributed by atoms with Crippen LogP contribution in [0.15, 0.2) is 54.7 Å². The van der Waals surface area contributed by atoms with Gasteiger partial charge in [-0.1, -0.05) is 29.8 Å². The van der Waals surface area contributed by atoms with Crippen LogP contribution in [0.3, 0.4) is 0 Å². The van der Waals surface area contributed by atoms with E-state index in [1.807, 2.05) is 19.1 Å². The van der Waals surface area contributed by atoms with Crippen LogP contribution in [0.5, 0.6) is 5.75 Å². The lowest BCUT2D eigenvalue weighted by Gasteiger charge is -2.18. The van der Waals surface area contributed by atoms with Gasteiger partial charge in [-0.05, 0) is 36.8 Å². The predicted molar refractivity (Wildman–Crippen MR) is 108 cm³/mol. The van der Waals surface area contributed by atoms with Crippen LogP contribution >= 0.6 is 0 Å². The molecule has 2 N–H and O–H groups in total. The second-order valence-corrected chi connectivity index (χ2v) is 6.65. The lowest BCUT2D eigenvalue weighted by molar-refractivity contribution is -0.137. The SMILES string of the molecule is COc1ccc(C(=O)N[C@@H](CC(=O)O)c2ccc(C)cc2)nc1-c1ccc(F)nc1. The smallest absolute Gasteiger partial charge is 0.305 e. The van der Waals surface area contributed by atoms with Gasteiger partial charge in [-0.3, -0.25) is 9.59 Å². The maximum Gasteiger partial charge on any atom is 0.305 e. The Morgan fingerprint density at radius 1 is 1.13 bits per heavy atom. The van der Waals surface area contributed by atoms with Crippen LogP contribution in [0.25, 0.3) is 11.3 Å². The van der Waals surface area contributed by atoms with Crippen LogP contribution in [-0.4, -0.2) is 34.1 Å². The molecule has 2 heterocycles. The summed E-state index contributed by atoms with van der Waals surface area (Å²) in [6, 6.07) is 12.2. The molecule has 0 spiro atoms. The van der Waals surface area contributed by atoms with E-state index in [0.717, 1.165) is 5.56 Å². The lowest BCUT2D eigenvalue weighted by atomic mass is 10.0. The van der Waals surface area contributed by atoms with Gasteiger partial charge in [0, 0.05) is 11.8 Å². The summed E-state index contributed by atoms with van der Waals surface area (Å²) < 4.78 is 18.4. The van der Waals surface area contributed by atoms with Crippen molar-refractivity contribution in [2.75, 3.05) is 7.11 Å². The number of aliphatic carboxylic acids is 1. The second-order valence-electron chi connectivity index (χ2n) is 6.65. The summed E-state index contributed by atoms with van der Waals surface area (Å²) in [5.41, 5.74) is 2.56. The zero-order valence-corrected chi connectivity index (χ0v) is 16.4. The molecule has 1 atom stereocenters. The Kier molecular flexibility index (Phi) is 6.36. The van der Waals surface area contributed by atoms with Crippen molar-refractivity contribution in [3.05, 3.63) is 77.5 Å². The van der Waals surface area contributed by atoms with E-state index in [-0.39, 0.29) is 12.1 Å². The Bertz CT molecular complexity index is 1050. The van der Waals surface area contributed by atoms with E-state index in [1.54, 1.807) is 18.2 Å². The van der Waals surface area contributed by atoms with E-state index in [4.69, 9.17) is 4.74 Å². The highest BCUT2D eigenvalue weighted by Crippen LogP contribution is 2.28. The highest BCUT2D eigenvalue weighted by atomic mass is 19.1. The number of nitrogens with one attached hydrogen (secondary N) is 1. The number of nitrogens with zero attached hydrogens (tertiary/aromatic N) is 2. The molecule has 1 aromatic carbocycles. The van der Waals surface area contributed by atoms with E-state index in [2.05, 4.69) is 15.3 Å². The number of carbonyl (C=O) groups is 2. The number of ether oxygens (including phenoxy) is 1. The molecule has 3 aromatic rings. The third kappa shape index (κ3) is 4.96. The number of hydrogen-bond acceptors (Lipinski definition) is 5. The number of aromatic nitrogens is 2. The monoisotopic (exact) mass is 409 g/mol. The standard InChI is InChI=1S/C22H20FN3O4/c1-13-3-5-14(6-4-13)17(11-20(27)28)26-22(29)16-8-9-18(30-2)21(25-16)15-7-10-19(23)24-12-15/h3-10,12,17H,11H2,1-2H3,(H,26,29)(H,27,28)/t17-/m0/s1. The van der Waals surface area contributed by atoms with Gasteiger partial charge in [-0.2, -0.15) is 4.39 Å². The quantitative estimate of drug-likeness (QED) is 0.579. The van der Waals surface area contributed by atoms with E-state index >= 15 is 0 Å². The Morgan fingerprint density at radius 2 is 1.87 bits per heavy atom. The molecule has 0 radical (unpaired) electrons. The van der Waals surface area contributed by atoms with Crippen molar-refractivity contribution in [2.24, 2.45) is 0 Å². The van der Waals surface area contributed by atoms with Crippen LogP contribution in [0.2, 0.25) is 0 Å². The first kappa shape index (κ1) is 20.9. The number of aryl methyl sites for hydroxylation is 1. The highest BCUT2D eigenvalue weighted by Gasteiger charge is 2.21. The average Bonchev–Trinajstić information content (AvgIpc) is 2.73. The van der Waals surface area contributed by atoms with Crippen LogP contribution in [0, 0.1) is 12.9 Å². The minimum Gasteiger partial charge on any atom is -0.494 e. The van der Waals surface area contributed by atoms with Gasteiger partial charge < -0.3 is 15.2 Å². The maximum atomic E-state index is 13.2. The van der Waals surface area contributed by atoms with Gasteiger partial charge in [-0.25, -0.2) is 9.97 Å². The van der Waals surface area contributed by atoms with Crippen molar-refractivity contribution in [1.29, 1.82) is 0 Å². The second kappa shape index (κ2) is 9.13. The first-order valence-electron chi connectivity index (χ1n) is 9.13. The zero-order valence-electron chi connectivity index (χ0n) is 16.4. The summed E-state index contributed by atoms with van der Waals surface area (Å²) in [5, 5.41) is 12.0. The Balaban J connectivity index is 1.90. The van der Waals surface area contributed by atoms with Crippen LogP contribution < -0.4 is 10.1 Å². The molecule has 0 aliphatic heterocycles. The molecule has 7 nitrogen and oxygen atoms in total. The van der Waals surface area contributed by atoms with Gasteiger partial charge in [0.05, 0.1) is 19.6 Å². The van der Waals surface area contributed by atoms with Gasteiger partial charge in [0.25, 0.3) is 5.91 Å². The third-order valence-corrected chi connectivity index (χ3v) is 4.48. The van der Waals surface area contributed by atoms with E-state index < -0.39 is 23.9 Å². The van der Waals surface area contributed by atoms with Crippen molar-refractivity contribution in [3.63, 3.8) is 0 Å². The number of amides is 1. The number of carboxylic acids is 1. The van der Waals surface area contributed by atoms with Crippen molar-refractivity contribution < 1.29 is 23.8 Å². The van der Waals surface area contributed by atoms with E-state index in [9.17, 15) is 19.1 Å². The lowest BCUT2D eigenvalue weighted by Crippen LogP contribution is -2.30. The normalized spacial score (nSPS) is 11.6. The van der Waals surface area contributed by atoms with Crippen molar-refractivity contribution in [1.82, 2.24) is 15.3 Å². The minimum atomic E-state index is -1.04. The Labute approximate surface area is 172 Å². The highest BCUT2D eigenvalue weighted by molar-refractivity contribution is 5.93. The maximum absolute atomic E-state index is 13.2. The summed E-state index contributed by atoms with van der Waals surface area (Å²) in [6.45, 7) is 1.92. The summed E-state index contributed by atoms with van der Waals surface area (Å²) in [4.78, 5) is 32.1. The van der Waals surface area contributed by atoms with Crippen molar-refractivity contribution in [3.8, 4) is 17.0 Å². The van der Waals surface area contributed by atoms with Crippen LogP contribution in [0.1, 0.15) is 34.1 Å². The fraction of sp³-hybridized carbons (Fsp3) is 0.182. The van der Waals surface area contributed by atoms with Gasteiger partial charge in [0.15, 0.2) is 0 Å². The van der Waals surface area contributed by atoms with Gasteiger partial charge >= 0.3 is 5.97 Å². The van der Waals surface area contributed by atoms with Gasteiger partial charge in [0.1, 0.15) is 17.1 Å². The van der Waals surface area contributed by atoms with Crippen molar-refractivity contribution >= 4 is 11.9 Å². The molecule has 0 unspecified atom stereocenters. The average molecular weight is 409 g/mol. The Morgan fingerprint density at radius 3 is 2.47 bits per heavy atom. The molecule has 0 aliphatic rings. The number of hydrogen-bond donors (Lipinski definition) is 2. The zero-order chi connectivity index (χ0) is 21.7. The number of halogens is 1. The summed E-state index contributed by atoms with van der Waals surface area (Å²) in [7, 11) is 1.46. The predicted octanol–water partition coefficient (Wildman–Crippen LogP) is 3.55. The molecule has 30 heavy (non-hydrogen) atoms. The molecular weight excluding hydrogens is 389 g/mol. The first-order chi connectivity index (χ1) is 14.4. The fourth-order valence-corrected chi connectivity index (χ4v) is 2.92. The molecule has 0 fully saturated rings. The number of pyridine rings is 2. The largest absolute Gasteiger partial charge is 0.494 e. The van der Waals surface area contributed by atoms with Crippen LogP contribution in [0.4, 0.5) is 4.39 Å². The number of rotatable bonds is 7. The molecule has 154 valence electrons. The number of carboxylic acid groups (broad SMARTS) is 1. The van der Waals surface area contributed by atoms with Gasteiger partial charge in [-0.15, -0.1) is 0 Å². The summed E-state index contributed by atoms with van der Waals surface area (Å²) >= 11 is 0. The molecule has 8 heteroatoms. The fourth-order valence-electron chi connectivity index (χ4n) is 2.92. The molecule has 3 rings (SSSR count). The molecule has 0 saturated carbocycles. The Hall–Kier alpha value is -3.81. The van der Waals surface area contributed by atoms with Crippen LogP contribution in [-0.2, 0) is 4.79 Å². The number of methoxy groups -OCH3 is 1. The summed E-state index contributed by atoms with van der Waals surface area (Å²) in [6.07, 6.45) is 1.01. The van der Waals surface area contributed by atoms with E-state index in [0.29, 0.717) is 22.6 Å². The number of carbonyl (C=O) groups excluding carboxylic acids is 1. The molecule has 0 bridgehead atoms.